The van der Waals surface area contributed by atoms with E-state index in [9.17, 15) is 9.90 Å². The Morgan fingerprint density at radius 2 is 2.00 bits per heavy atom. The number of hydrogen-bond acceptors (Lipinski definition) is 3. The second kappa shape index (κ2) is 5.66. The second-order valence-corrected chi connectivity index (χ2v) is 5.38. The molecule has 21 heavy (non-hydrogen) atoms. The van der Waals surface area contributed by atoms with Gasteiger partial charge >= 0.3 is 5.97 Å². The molecule has 4 nitrogen and oxygen atoms in total. The van der Waals surface area contributed by atoms with Gasteiger partial charge < -0.3 is 5.11 Å². The third-order valence-corrected chi connectivity index (χ3v) is 4.24. The molecule has 1 N–H and O–H groups in total. The molecule has 0 fully saturated rings. The summed E-state index contributed by atoms with van der Waals surface area (Å²) in [6, 6.07) is 11.2. The lowest BCUT2D eigenvalue weighted by Gasteiger charge is -2.38. The van der Waals surface area contributed by atoms with Crippen molar-refractivity contribution in [3.05, 3.63) is 65.5 Å². The van der Waals surface area contributed by atoms with Crippen molar-refractivity contribution in [3.8, 4) is 0 Å². The molecular formula is C17H18N2O2. The van der Waals surface area contributed by atoms with Crippen LogP contribution in [0.25, 0.3) is 0 Å². The minimum absolute atomic E-state index is 0.0439. The van der Waals surface area contributed by atoms with Crippen LogP contribution in [0.2, 0.25) is 0 Å². The minimum atomic E-state index is -0.789. The molecule has 0 bridgehead atoms. The smallest absolute Gasteiger partial charge is 0.325 e. The predicted octanol–water partition coefficient (Wildman–Crippen LogP) is 2.83. The van der Waals surface area contributed by atoms with E-state index in [4.69, 9.17) is 0 Å². The average Bonchev–Trinajstić information content (AvgIpc) is 2.53. The normalized spacial score (nSPS) is 19.8. The van der Waals surface area contributed by atoms with E-state index in [-0.39, 0.29) is 6.04 Å². The van der Waals surface area contributed by atoms with Crippen LogP contribution in [0, 0.1) is 0 Å². The van der Waals surface area contributed by atoms with Gasteiger partial charge in [-0.05, 0) is 42.2 Å². The number of hydrogen-bond donors (Lipinski definition) is 1. The standard InChI is InChI=1S/C17H18N2O2/c1-12(13-6-9-18-10-7-13)19-11-8-14-4-2-3-5-15(14)16(19)17(20)21/h2-7,9-10,12,16H,8,11H2,1H3,(H,20,21). The van der Waals surface area contributed by atoms with Gasteiger partial charge in [0.1, 0.15) is 6.04 Å². The molecule has 0 amide bonds. The molecule has 1 aliphatic heterocycles. The maximum Gasteiger partial charge on any atom is 0.325 e. The molecule has 2 unspecified atom stereocenters. The van der Waals surface area contributed by atoms with Gasteiger partial charge in [-0.1, -0.05) is 24.3 Å². The number of carbonyl (C=O) groups is 1. The number of fused-ring (bicyclic) bond motifs is 1. The highest BCUT2D eigenvalue weighted by atomic mass is 16.4. The molecule has 1 aromatic carbocycles. The third kappa shape index (κ3) is 2.54. The third-order valence-electron chi connectivity index (χ3n) is 4.24. The predicted molar refractivity (Wildman–Crippen MR) is 79.9 cm³/mol. The van der Waals surface area contributed by atoms with Crippen LogP contribution in [0.3, 0.4) is 0 Å². The second-order valence-electron chi connectivity index (χ2n) is 5.38. The Hall–Kier alpha value is -2.20. The van der Waals surface area contributed by atoms with E-state index < -0.39 is 12.0 Å². The van der Waals surface area contributed by atoms with Crippen LogP contribution < -0.4 is 0 Å². The van der Waals surface area contributed by atoms with Crippen LogP contribution in [0.5, 0.6) is 0 Å². The van der Waals surface area contributed by atoms with E-state index in [1.54, 1.807) is 12.4 Å². The molecular weight excluding hydrogens is 264 g/mol. The number of rotatable bonds is 3. The first-order valence-electron chi connectivity index (χ1n) is 7.15. The Kier molecular flexibility index (Phi) is 3.71. The number of nitrogens with zero attached hydrogens (tertiary/aromatic N) is 2. The molecule has 108 valence electrons. The Bertz CT molecular complexity index is 642. The Labute approximate surface area is 124 Å². The van der Waals surface area contributed by atoms with Crippen molar-refractivity contribution < 1.29 is 9.90 Å². The number of carboxylic acid groups (broad SMARTS) is 1. The SMILES string of the molecule is CC(c1ccncc1)N1CCc2ccccc2C1C(=O)O. The molecule has 1 aromatic heterocycles. The Balaban J connectivity index is 1.98. The first-order chi connectivity index (χ1) is 10.2. The zero-order valence-corrected chi connectivity index (χ0v) is 11.9. The highest BCUT2D eigenvalue weighted by molar-refractivity contribution is 5.76. The van der Waals surface area contributed by atoms with E-state index in [0.29, 0.717) is 0 Å². The quantitative estimate of drug-likeness (QED) is 0.940. The van der Waals surface area contributed by atoms with Gasteiger partial charge in [0.15, 0.2) is 0 Å². The van der Waals surface area contributed by atoms with E-state index >= 15 is 0 Å². The first-order valence-corrected chi connectivity index (χ1v) is 7.15. The van der Waals surface area contributed by atoms with Crippen LogP contribution >= 0.6 is 0 Å². The summed E-state index contributed by atoms with van der Waals surface area (Å²) in [6.07, 6.45) is 4.38. The van der Waals surface area contributed by atoms with Gasteiger partial charge in [-0.25, -0.2) is 0 Å². The molecule has 0 saturated carbocycles. The van der Waals surface area contributed by atoms with Gasteiger partial charge in [-0.2, -0.15) is 0 Å². The fourth-order valence-electron chi connectivity index (χ4n) is 3.11. The topological polar surface area (TPSA) is 53.4 Å². The van der Waals surface area contributed by atoms with Gasteiger partial charge in [0.25, 0.3) is 0 Å². The molecule has 0 aliphatic carbocycles. The van der Waals surface area contributed by atoms with E-state index in [1.165, 1.54) is 0 Å². The largest absolute Gasteiger partial charge is 0.480 e. The molecule has 3 rings (SSSR count). The summed E-state index contributed by atoms with van der Waals surface area (Å²) in [5.74, 6) is -0.789. The van der Waals surface area contributed by atoms with Gasteiger partial charge in [-0.15, -0.1) is 0 Å². The van der Waals surface area contributed by atoms with Gasteiger partial charge in [0.05, 0.1) is 0 Å². The van der Waals surface area contributed by atoms with Gasteiger partial charge in [0.2, 0.25) is 0 Å². The number of pyridine rings is 1. The molecule has 2 heterocycles. The Morgan fingerprint density at radius 1 is 1.29 bits per heavy atom. The summed E-state index contributed by atoms with van der Waals surface area (Å²) in [6.45, 7) is 2.80. The Morgan fingerprint density at radius 3 is 2.71 bits per heavy atom. The lowest BCUT2D eigenvalue weighted by Crippen LogP contribution is -2.41. The summed E-state index contributed by atoms with van der Waals surface area (Å²) in [5, 5.41) is 9.70. The number of carboxylic acids is 1. The lowest BCUT2D eigenvalue weighted by molar-refractivity contribution is -0.145. The van der Waals surface area contributed by atoms with E-state index in [2.05, 4.69) is 16.8 Å². The first kappa shape index (κ1) is 13.8. The van der Waals surface area contributed by atoms with Crippen molar-refractivity contribution in [1.82, 2.24) is 9.88 Å². The molecule has 0 saturated heterocycles. The summed E-state index contributed by atoms with van der Waals surface area (Å²) in [5.41, 5.74) is 3.15. The van der Waals surface area contributed by atoms with Crippen molar-refractivity contribution in [1.29, 1.82) is 0 Å². The van der Waals surface area contributed by atoms with Crippen molar-refractivity contribution in [2.75, 3.05) is 6.54 Å². The van der Waals surface area contributed by atoms with Gasteiger partial charge in [0, 0.05) is 25.0 Å². The van der Waals surface area contributed by atoms with E-state index in [1.807, 2.05) is 36.4 Å². The molecule has 1 aliphatic rings. The van der Waals surface area contributed by atoms with Crippen molar-refractivity contribution in [3.63, 3.8) is 0 Å². The maximum atomic E-state index is 11.8. The zero-order chi connectivity index (χ0) is 14.8. The zero-order valence-electron chi connectivity index (χ0n) is 11.9. The van der Waals surface area contributed by atoms with Gasteiger partial charge in [-0.3, -0.25) is 14.7 Å². The van der Waals surface area contributed by atoms with Crippen LogP contribution in [0.4, 0.5) is 0 Å². The number of aliphatic carboxylic acids is 1. The molecule has 4 heteroatoms. The molecule has 0 radical (unpaired) electrons. The summed E-state index contributed by atoms with van der Waals surface area (Å²) < 4.78 is 0. The van der Waals surface area contributed by atoms with Crippen LogP contribution in [0.15, 0.2) is 48.8 Å². The minimum Gasteiger partial charge on any atom is -0.480 e. The van der Waals surface area contributed by atoms with Crippen LogP contribution in [-0.4, -0.2) is 27.5 Å². The number of aromatic nitrogens is 1. The summed E-state index contributed by atoms with van der Waals surface area (Å²) >= 11 is 0. The fraction of sp³-hybridized carbons (Fsp3) is 0.294. The average molecular weight is 282 g/mol. The summed E-state index contributed by atoms with van der Waals surface area (Å²) in [7, 11) is 0. The highest BCUT2D eigenvalue weighted by Gasteiger charge is 2.35. The van der Waals surface area contributed by atoms with Crippen molar-refractivity contribution in [2.45, 2.75) is 25.4 Å². The number of benzene rings is 1. The van der Waals surface area contributed by atoms with Crippen LogP contribution in [-0.2, 0) is 11.2 Å². The maximum absolute atomic E-state index is 11.8. The molecule has 0 spiro atoms. The highest BCUT2D eigenvalue weighted by Crippen LogP contribution is 2.35. The van der Waals surface area contributed by atoms with Crippen LogP contribution in [0.1, 0.15) is 35.7 Å². The van der Waals surface area contributed by atoms with E-state index in [0.717, 1.165) is 29.7 Å². The van der Waals surface area contributed by atoms with Crippen molar-refractivity contribution in [2.24, 2.45) is 0 Å². The van der Waals surface area contributed by atoms with Crippen molar-refractivity contribution >= 4 is 5.97 Å². The monoisotopic (exact) mass is 282 g/mol. The fourth-order valence-corrected chi connectivity index (χ4v) is 3.11. The molecule has 2 aromatic rings. The summed E-state index contributed by atoms with van der Waals surface area (Å²) in [4.78, 5) is 17.9. The lowest BCUT2D eigenvalue weighted by atomic mass is 9.90. The molecule has 2 atom stereocenters.